The van der Waals surface area contributed by atoms with E-state index in [4.69, 9.17) is 5.73 Å². The molecule has 1 aromatic rings. The van der Waals surface area contributed by atoms with Crippen LogP contribution in [0, 0.1) is 0 Å². The molecular weight excluding hydrogens is 434 g/mol. The lowest BCUT2D eigenvalue weighted by molar-refractivity contribution is -0.141. The zero-order chi connectivity index (χ0) is 23.3. The molecule has 2 saturated heterocycles. The minimum absolute atomic E-state index is 0. The summed E-state index contributed by atoms with van der Waals surface area (Å²) in [6.07, 6.45) is 5.47. The molecule has 3 atom stereocenters. The fourth-order valence-corrected chi connectivity index (χ4v) is 3.99. The molecule has 33 heavy (non-hydrogen) atoms. The number of likely N-dealkylation sites (tertiary alicyclic amines) is 1. The quantitative estimate of drug-likeness (QED) is 0.331. The number of unbranched alkanes of at least 4 members (excludes halogenated alkanes) is 1. The van der Waals surface area contributed by atoms with Crippen molar-refractivity contribution in [3.8, 4) is 0 Å². The first-order valence-electron chi connectivity index (χ1n) is 10.8. The van der Waals surface area contributed by atoms with Crippen LogP contribution < -0.4 is 16.4 Å². The molecule has 13 heteroatoms. The second-order valence-electron chi connectivity index (χ2n) is 8.04. The van der Waals surface area contributed by atoms with Gasteiger partial charge in [-0.15, -0.1) is 0 Å². The van der Waals surface area contributed by atoms with Gasteiger partial charge in [-0.3, -0.25) is 24.1 Å². The lowest BCUT2D eigenvalue weighted by Crippen LogP contribution is -2.62. The zero-order valence-corrected chi connectivity index (χ0v) is 18.5. The van der Waals surface area contributed by atoms with Crippen LogP contribution in [0.25, 0.3) is 0 Å². The maximum Gasteiger partial charge on any atom is 0.324 e. The summed E-state index contributed by atoms with van der Waals surface area (Å²) in [5.74, 6) is -2.13. The van der Waals surface area contributed by atoms with Crippen molar-refractivity contribution in [3.05, 3.63) is 18.2 Å². The number of carbonyl (C=O) groups excluding carboxylic acids is 5. The highest BCUT2D eigenvalue weighted by Crippen LogP contribution is 2.19. The van der Waals surface area contributed by atoms with E-state index in [1.807, 2.05) is 6.92 Å². The third-order valence-corrected chi connectivity index (χ3v) is 5.73. The van der Waals surface area contributed by atoms with E-state index in [0.717, 1.165) is 11.3 Å². The Morgan fingerprint density at radius 2 is 2.09 bits per heavy atom. The highest BCUT2D eigenvalue weighted by molar-refractivity contribution is 6.03. The van der Waals surface area contributed by atoms with Gasteiger partial charge >= 0.3 is 6.03 Å². The summed E-state index contributed by atoms with van der Waals surface area (Å²) in [6, 6.07) is -3.46. The zero-order valence-electron chi connectivity index (χ0n) is 18.5. The molecule has 0 saturated carbocycles. The number of nitrogens with one attached hydrogen (secondary N) is 3. The van der Waals surface area contributed by atoms with Crippen LogP contribution in [-0.2, 0) is 25.6 Å². The number of aromatic amines is 1. The van der Waals surface area contributed by atoms with E-state index >= 15 is 0 Å². The predicted molar refractivity (Wildman–Crippen MR) is 115 cm³/mol. The van der Waals surface area contributed by atoms with Crippen molar-refractivity contribution in [1.82, 2.24) is 30.4 Å². The Kier molecular flexibility index (Phi) is 8.91. The molecule has 3 rings (SSSR count). The van der Waals surface area contributed by atoms with E-state index in [0.29, 0.717) is 38.0 Å². The molecule has 1 unspecified atom stereocenters. The van der Waals surface area contributed by atoms with Gasteiger partial charge in [0.25, 0.3) is 0 Å². The number of aromatic nitrogens is 2. The van der Waals surface area contributed by atoms with E-state index in [-0.39, 0.29) is 18.3 Å². The van der Waals surface area contributed by atoms with Crippen LogP contribution in [0.2, 0.25) is 0 Å². The fourth-order valence-electron chi connectivity index (χ4n) is 3.99. The molecular formula is C20H31N7O6. The number of hydrogen-bond acceptors (Lipinski definition) is 6. The van der Waals surface area contributed by atoms with Crippen LogP contribution >= 0.6 is 0 Å². The minimum atomic E-state index is -1.09. The third-order valence-electron chi connectivity index (χ3n) is 5.73. The Labute approximate surface area is 190 Å². The van der Waals surface area contributed by atoms with Crippen LogP contribution in [0.15, 0.2) is 12.5 Å². The van der Waals surface area contributed by atoms with Gasteiger partial charge in [0.2, 0.25) is 23.6 Å². The van der Waals surface area contributed by atoms with Crippen molar-refractivity contribution in [2.45, 2.75) is 63.6 Å². The molecule has 0 aromatic carbocycles. The lowest BCUT2D eigenvalue weighted by atomic mass is 10.1. The maximum absolute atomic E-state index is 13.2. The average molecular weight is 466 g/mol. The molecule has 1 aromatic heterocycles. The number of carbonyl (C=O) groups is 5. The number of rotatable bonds is 9. The van der Waals surface area contributed by atoms with Gasteiger partial charge in [-0.2, -0.15) is 0 Å². The van der Waals surface area contributed by atoms with Gasteiger partial charge in [0.1, 0.15) is 18.1 Å². The fraction of sp³-hybridized carbons (Fsp3) is 0.600. The van der Waals surface area contributed by atoms with Crippen molar-refractivity contribution in [3.63, 3.8) is 0 Å². The summed E-state index contributed by atoms with van der Waals surface area (Å²) in [7, 11) is 0. The van der Waals surface area contributed by atoms with Crippen molar-refractivity contribution < 1.29 is 29.4 Å². The molecule has 0 spiro atoms. The highest BCUT2D eigenvalue weighted by atomic mass is 16.2. The smallest absolute Gasteiger partial charge is 0.324 e. The number of nitrogens with two attached hydrogens (primary N) is 1. The number of imide groups is 1. The third kappa shape index (κ3) is 6.06. The summed E-state index contributed by atoms with van der Waals surface area (Å²) >= 11 is 0. The summed E-state index contributed by atoms with van der Waals surface area (Å²) in [6.45, 7) is 2.59. The molecule has 2 fully saturated rings. The first-order chi connectivity index (χ1) is 15.3. The number of amides is 6. The Morgan fingerprint density at radius 3 is 2.70 bits per heavy atom. The molecule has 6 amide bonds. The Bertz CT molecular complexity index is 856. The van der Waals surface area contributed by atoms with Gasteiger partial charge in [-0.25, -0.2) is 9.78 Å². The van der Waals surface area contributed by atoms with Gasteiger partial charge in [0.05, 0.1) is 12.7 Å². The molecule has 182 valence electrons. The van der Waals surface area contributed by atoms with Crippen LogP contribution in [0.4, 0.5) is 4.79 Å². The summed E-state index contributed by atoms with van der Waals surface area (Å²) < 4.78 is 0. The lowest BCUT2D eigenvalue weighted by Gasteiger charge is -2.32. The molecule has 3 heterocycles. The Balaban J connectivity index is 0.00000385. The molecule has 0 aliphatic carbocycles. The Morgan fingerprint density at radius 1 is 1.33 bits per heavy atom. The number of hydrogen-bond donors (Lipinski definition) is 4. The number of imidazole rings is 1. The Hall–Kier alpha value is -3.48. The first-order valence-corrected chi connectivity index (χ1v) is 10.8. The van der Waals surface area contributed by atoms with Gasteiger partial charge in [-0.05, 0) is 19.3 Å². The molecule has 0 bridgehead atoms. The number of primary amides is 1. The normalized spacial score (nSPS) is 21.2. The van der Waals surface area contributed by atoms with E-state index in [1.165, 1.54) is 17.4 Å². The first kappa shape index (κ1) is 25.8. The average Bonchev–Trinajstić information content (AvgIpc) is 3.44. The molecule has 7 N–H and O–H groups in total. The summed E-state index contributed by atoms with van der Waals surface area (Å²) in [5.41, 5.74) is 6.04. The van der Waals surface area contributed by atoms with Gasteiger partial charge in [-0.1, -0.05) is 13.3 Å². The standard InChI is InChI=1S/C20H29N7O5.H2O/c1-2-3-6-27-16(28)9-13(25-20(27)32)18(30)24-14(8-12-10-22-11-23-12)19(31)26-7-4-5-15(26)17(21)29;/h10-11,13-15H,2-9H2,1H3,(H2,21,29)(H,22,23)(H,24,30)(H,25,32);1H2/t13?,14-,15-;/m0./s1. The predicted octanol–water partition coefficient (Wildman–Crippen LogP) is -1.80. The molecule has 2 aliphatic heterocycles. The largest absolute Gasteiger partial charge is 0.412 e. The molecule has 2 aliphatic rings. The second kappa shape index (κ2) is 11.4. The van der Waals surface area contributed by atoms with E-state index < -0.39 is 47.8 Å². The second-order valence-corrected chi connectivity index (χ2v) is 8.04. The SMILES string of the molecule is CCCCN1C(=O)CC(C(=O)N[C@@H](Cc2cnc[nH]2)C(=O)N2CCC[C@H]2C(N)=O)NC1=O.O. The topological polar surface area (TPSA) is 202 Å². The number of H-pyrrole nitrogens is 1. The monoisotopic (exact) mass is 465 g/mol. The minimum Gasteiger partial charge on any atom is -0.412 e. The van der Waals surface area contributed by atoms with Crippen molar-refractivity contribution in [2.75, 3.05) is 13.1 Å². The van der Waals surface area contributed by atoms with Crippen molar-refractivity contribution >= 4 is 29.7 Å². The summed E-state index contributed by atoms with van der Waals surface area (Å²) in [4.78, 5) is 71.8. The van der Waals surface area contributed by atoms with Crippen LogP contribution in [0.1, 0.15) is 44.7 Å². The van der Waals surface area contributed by atoms with Crippen LogP contribution in [-0.4, -0.2) is 86.1 Å². The number of urea groups is 1. The van der Waals surface area contributed by atoms with Gasteiger partial charge < -0.3 is 31.7 Å². The maximum atomic E-state index is 13.2. The van der Waals surface area contributed by atoms with Crippen LogP contribution in [0.3, 0.4) is 0 Å². The highest BCUT2D eigenvalue weighted by Gasteiger charge is 2.40. The van der Waals surface area contributed by atoms with Crippen LogP contribution in [0.5, 0.6) is 0 Å². The summed E-state index contributed by atoms with van der Waals surface area (Å²) in [5, 5.41) is 5.18. The van der Waals surface area contributed by atoms with Crippen molar-refractivity contribution in [1.29, 1.82) is 0 Å². The number of nitrogens with zero attached hydrogens (tertiary/aromatic N) is 3. The van der Waals surface area contributed by atoms with E-state index in [9.17, 15) is 24.0 Å². The van der Waals surface area contributed by atoms with E-state index in [1.54, 1.807) is 0 Å². The van der Waals surface area contributed by atoms with Gasteiger partial charge in [0.15, 0.2) is 0 Å². The molecule has 0 radical (unpaired) electrons. The molecule has 13 nitrogen and oxygen atoms in total. The van der Waals surface area contributed by atoms with E-state index in [2.05, 4.69) is 20.6 Å². The van der Waals surface area contributed by atoms with Crippen molar-refractivity contribution in [2.24, 2.45) is 5.73 Å². The van der Waals surface area contributed by atoms with Gasteiger partial charge in [0, 0.05) is 31.4 Å².